The number of rotatable bonds is 9. The maximum Gasteiger partial charge on any atom is 0.265 e. The second-order valence-corrected chi connectivity index (χ2v) is 6.76. The Kier molecular flexibility index (Phi) is 8.05. The van der Waals surface area contributed by atoms with E-state index in [1.165, 1.54) is 0 Å². The van der Waals surface area contributed by atoms with E-state index in [-0.39, 0.29) is 11.8 Å². The van der Waals surface area contributed by atoms with E-state index in [1.807, 2.05) is 38.1 Å². The summed E-state index contributed by atoms with van der Waals surface area (Å²) in [6.07, 6.45) is 0.861. The van der Waals surface area contributed by atoms with Crippen molar-refractivity contribution in [2.24, 2.45) is 0 Å². The van der Waals surface area contributed by atoms with Gasteiger partial charge in [0.2, 0.25) is 0 Å². The highest BCUT2D eigenvalue weighted by molar-refractivity contribution is 6.04. The first kappa shape index (κ1) is 21.5. The molecule has 0 bridgehead atoms. The van der Waals surface area contributed by atoms with Crippen LogP contribution in [0.1, 0.15) is 62.4 Å². The standard InChI is InChI=1S/C23H30N2O3/c1-5-16(4)17-12-9-11-15-21(17)28-20(6-2)23(27)25-19-14-10-8-13-18(19)22(26)24-7-3/h8-16,20H,5-7H2,1-4H3,(H,24,26)(H,25,27). The van der Waals surface area contributed by atoms with Crippen molar-refractivity contribution < 1.29 is 14.3 Å². The summed E-state index contributed by atoms with van der Waals surface area (Å²) >= 11 is 0. The second-order valence-electron chi connectivity index (χ2n) is 6.76. The zero-order chi connectivity index (χ0) is 20.5. The molecule has 2 aromatic rings. The van der Waals surface area contributed by atoms with Gasteiger partial charge in [-0.15, -0.1) is 0 Å². The molecule has 2 rings (SSSR count). The predicted octanol–water partition coefficient (Wildman–Crippen LogP) is 4.75. The van der Waals surface area contributed by atoms with E-state index in [4.69, 9.17) is 4.74 Å². The van der Waals surface area contributed by atoms with Crippen molar-refractivity contribution in [1.82, 2.24) is 5.32 Å². The van der Waals surface area contributed by atoms with Crippen LogP contribution >= 0.6 is 0 Å². The van der Waals surface area contributed by atoms with E-state index in [1.54, 1.807) is 24.3 Å². The number of para-hydroxylation sites is 2. The normalized spacial score (nSPS) is 12.7. The lowest BCUT2D eigenvalue weighted by atomic mass is 9.98. The Morgan fingerprint density at radius 3 is 2.32 bits per heavy atom. The minimum Gasteiger partial charge on any atom is -0.480 e. The third-order valence-electron chi connectivity index (χ3n) is 4.76. The average Bonchev–Trinajstić information content (AvgIpc) is 2.72. The maximum atomic E-state index is 12.9. The Balaban J connectivity index is 2.19. The number of carbonyl (C=O) groups is 2. The fourth-order valence-electron chi connectivity index (χ4n) is 2.95. The molecule has 0 saturated carbocycles. The number of benzene rings is 2. The first-order valence-electron chi connectivity index (χ1n) is 9.95. The summed E-state index contributed by atoms with van der Waals surface area (Å²) in [4.78, 5) is 25.1. The Morgan fingerprint density at radius 2 is 1.64 bits per heavy atom. The van der Waals surface area contributed by atoms with Crippen molar-refractivity contribution in [3.63, 3.8) is 0 Å². The van der Waals surface area contributed by atoms with Crippen LogP contribution in [0.25, 0.3) is 0 Å². The third kappa shape index (κ3) is 5.35. The molecular formula is C23H30N2O3. The van der Waals surface area contributed by atoms with Gasteiger partial charge < -0.3 is 15.4 Å². The van der Waals surface area contributed by atoms with Gasteiger partial charge in [0.15, 0.2) is 6.10 Å². The van der Waals surface area contributed by atoms with E-state index in [0.29, 0.717) is 30.1 Å². The Labute approximate surface area is 167 Å². The minimum atomic E-state index is -0.646. The summed E-state index contributed by atoms with van der Waals surface area (Å²) in [5, 5.41) is 5.62. The van der Waals surface area contributed by atoms with Gasteiger partial charge in [0.05, 0.1) is 11.3 Å². The number of amides is 2. The number of anilines is 1. The van der Waals surface area contributed by atoms with Crippen molar-refractivity contribution in [3.8, 4) is 5.75 Å². The van der Waals surface area contributed by atoms with Gasteiger partial charge in [-0.3, -0.25) is 9.59 Å². The number of nitrogens with one attached hydrogen (secondary N) is 2. The second kappa shape index (κ2) is 10.5. The number of hydrogen-bond donors (Lipinski definition) is 2. The molecule has 2 unspecified atom stereocenters. The molecule has 5 heteroatoms. The number of ether oxygens (including phenoxy) is 1. The summed E-state index contributed by atoms with van der Waals surface area (Å²) in [7, 11) is 0. The van der Waals surface area contributed by atoms with Crippen molar-refractivity contribution >= 4 is 17.5 Å². The van der Waals surface area contributed by atoms with Crippen molar-refractivity contribution in [2.45, 2.75) is 52.6 Å². The molecular weight excluding hydrogens is 352 g/mol. The van der Waals surface area contributed by atoms with Crippen LogP contribution in [0.4, 0.5) is 5.69 Å². The lowest BCUT2D eigenvalue weighted by Crippen LogP contribution is -2.33. The van der Waals surface area contributed by atoms with Crippen LogP contribution in [0.15, 0.2) is 48.5 Å². The molecule has 2 atom stereocenters. The van der Waals surface area contributed by atoms with Gasteiger partial charge in [0, 0.05) is 6.54 Å². The Bertz CT molecular complexity index is 804. The smallest absolute Gasteiger partial charge is 0.265 e. The molecule has 0 aliphatic carbocycles. The fraction of sp³-hybridized carbons (Fsp3) is 0.391. The Hall–Kier alpha value is -2.82. The zero-order valence-electron chi connectivity index (χ0n) is 17.1. The summed E-state index contributed by atoms with van der Waals surface area (Å²) in [6.45, 7) is 8.56. The van der Waals surface area contributed by atoms with Crippen molar-refractivity contribution in [1.29, 1.82) is 0 Å². The van der Waals surface area contributed by atoms with E-state index in [9.17, 15) is 9.59 Å². The lowest BCUT2D eigenvalue weighted by Gasteiger charge is -2.22. The first-order valence-corrected chi connectivity index (χ1v) is 9.95. The summed E-state index contributed by atoms with van der Waals surface area (Å²) in [5.41, 5.74) is 2.02. The highest BCUT2D eigenvalue weighted by Gasteiger charge is 2.22. The topological polar surface area (TPSA) is 67.4 Å². The molecule has 2 N–H and O–H groups in total. The van der Waals surface area contributed by atoms with Crippen molar-refractivity contribution in [2.75, 3.05) is 11.9 Å². The Morgan fingerprint density at radius 1 is 0.964 bits per heavy atom. The van der Waals surface area contributed by atoms with Crippen LogP contribution in [0.2, 0.25) is 0 Å². The monoisotopic (exact) mass is 382 g/mol. The van der Waals surface area contributed by atoms with Crippen LogP contribution in [-0.4, -0.2) is 24.5 Å². The molecule has 0 radical (unpaired) electrons. The number of carbonyl (C=O) groups excluding carboxylic acids is 2. The predicted molar refractivity (Wildman–Crippen MR) is 113 cm³/mol. The van der Waals surface area contributed by atoms with Gasteiger partial charge in [-0.25, -0.2) is 0 Å². The molecule has 0 aromatic heterocycles. The van der Waals surface area contributed by atoms with Gasteiger partial charge >= 0.3 is 0 Å². The van der Waals surface area contributed by atoms with E-state index in [2.05, 4.69) is 24.5 Å². The van der Waals surface area contributed by atoms with E-state index >= 15 is 0 Å². The lowest BCUT2D eigenvalue weighted by molar-refractivity contribution is -0.122. The third-order valence-corrected chi connectivity index (χ3v) is 4.76. The van der Waals surface area contributed by atoms with Gasteiger partial charge in [0.1, 0.15) is 5.75 Å². The molecule has 150 valence electrons. The molecule has 5 nitrogen and oxygen atoms in total. The molecule has 0 heterocycles. The number of hydrogen-bond acceptors (Lipinski definition) is 3. The van der Waals surface area contributed by atoms with Crippen LogP contribution in [0, 0.1) is 0 Å². The van der Waals surface area contributed by atoms with Gasteiger partial charge in [-0.2, -0.15) is 0 Å². The quantitative estimate of drug-likeness (QED) is 0.658. The minimum absolute atomic E-state index is 0.213. The highest BCUT2D eigenvalue weighted by atomic mass is 16.5. The first-order chi connectivity index (χ1) is 13.5. The largest absolute Gasteiger partial charge is 0.480 e. The van der Waals surface area contributed by atoms with E-state index < -0.39 is 6.10 Å². The SMILES string of the molecule is CCNC(=O)c1ccccc1NC(=O)C(CC)Oc1ccccc1C(C)CC. The molecule has 0 aliphatic heterocycles. The molecule has 28 heavy (non-hydrogen) atoms. The summed E-state index contributed by atoms with van der Waals surface area (Å²) in [6, 6.07) is 14.8. The molecule has 2 amide bonds. The van der Waals surface area contributed by atoms with Gasteiger partial charge in [0.25, 0.3) is 11.8 Å². The molecule has 2 aromatic carbocycles. The summed E-state index contributed by atoms with van der Waals surface area (Å²) in [5.74, 6) is 0.596. The van der Waals surface area contributed by atoms with Gasteiger partial charge in [-0.1, -0.05) is 51.1 Å². The summed E-state index contributed by atoms with van der Waals surface area (Å²) < 4.78 is 6.09. The fourth-order valence-corrected chi connectivity index (χ4v) is 2.95. The van der Waals surface area contributed by atoms with E-state index in [0.717, 1.165) is 17.7 Å². The van der Waals surface area contributed by atoms with Gasteiger partial charge in [-0.05, 0) is 49.4 Å². The van der Waals surface area contributed by atoms with Crippen LogP contribution in [0.5, 0.6) is 5.75 Å². The highest BCUT2D eigenvalue weighted by Crippen LogP contribution is 2.29. The van der Waals surface area contributed by atoms with Crippen molar-refractivity contribution in [3.05, 3.63) is 59.7 Å². The average molecular weight is 383 g/mol. The zero-order valence-corrected chi connectivity index (χ0v) is 17.1. The molecule has 0 spiro atoms. The maximum absolute atomic E-state index is 12.9. The van der Waals surface area contributed by atoms with Crippen LogP contribution < -0.4 is 15.4 Å². The molecule has 0 aliphatic rings. The molecule has 0 fully saturated rings. The molecule has 0 saturated heterocycles. The van der Waals surface area contributed by atoms with Crippen LogP contribution in [-0.2, 0) is 4.79 Å². The van der Waals surface area contributed by atoms with Crippen LogP contribution in [0.3, 0.4) is 0 Å².